The average Bonchev–Trinajstić information content (AvgIpc) is 2.71. The quantitative estimate of drug-likeness (QED) is 0.820. The molecular formula is C17H25N3O. The Labute approximate surface area is 126 Å². The summed E-state index contributed by atoms with van der Waals surface area (Å²) in [5.41, 5.74) is 10.4. The number of fused-ring (bicyclic) bond motifs is 1. The van der Waals surface area contributed by atoms with Crippen LogP contribution in [0.5, 0.6) is 0 Å². The van der Waals surface area contributed by atoms with Crippen molar-refractivity contribution < 1.29 is 4.79 Å². The molecule has 3 rings (SSSR count). The van der Waals surface area contributed by atoms with Gasteiger partial charge in [0, 0.05) is 24.7 Å². The second-order valence-corrected chi connectivity index (χ2v) is 6.22. The first kappa shape index (κ1) is 14.2. The van der Waals surface area contributed by atoms with Gasteiger partial charge in [-0.2, -0.15) is 0 Å². The van der Waals surface area contributed by atoms with E-state index in [1.807, 2.05) is 6.07 Å². The third kappa shape index (κ3) is 2.85. The first-order chi connectivity index (χ1) is 10.2. The summed E-state index contributed by atoms with van der Waals surface area (Å²) in [5, 5.41) is 2.93. The molecule has 1 aromatic carbocycles. The van der Waals surface area contributed by atoms with Crippen LogP contribution < -0.4 is 16.0 Å². The first-order valence-corrected chi connectivity index (χ1v) is 8.18. The molecule has 4 nitrogen and oxygen atoms in total. The fourth-order valence-electron chi connectivity index (χ4n) is 3.60. The van der Waals surface area contributed by atoms with Crippen LogP contribution in [0.4, 0.5) is 17.1 Å². The van der Waals surface area contributed by atoms with Crippen LogP contribution in [0.15, 0.2) is 12.1 Å². The molecule has 4 heteroatoms. The van der Waals surface area contributed by atoms with Crippen LogP contribution in [-0.2, 0) is 11.2 Å². The molecule has 0 spiro atoms. The number of anilines is 3. The minimum Gasteiger partial charge on any atom is -0.397 e. The van der Waals surface area contributed by atoms with Crippen molar-refractivity contribution >= 4 is 23.0 Å². The molecule has 1 amide bonds. The summed E-state index contributed by atoms with van der Waals surface area (Å²) >= 11 is 0. The zero-order valence-electron chi connectivity index (χ0n) is 12.8. The van der Waals surface area contributed by atoms with Gasteiger partial charge in [-0.15, -0.1) is 0 Å². The predicted octanol–water partition coefficient (Wildman–Crippen LogP) is 3.31. The third-order valence-electron chi connectivity index (χ3n) is 4.81. The maximum atomic E-state index is 11.5. The van der Waals surface area contributed by atoms with Gasteiger partial charge in [0.2, 0.25) is 5.91 Å². The number of rotatable bonds is 2. The zero-order valence-corrected chi connectivity index (χ0v) is 12.8. The molecule has 0 aliphatic carbocycles. The number of hydrogen-bond acceptors (Lipinski definition) is 3. The minimum absolute atomic E-state index is 0.0934. The van der Waals surface area contributed by atoms with Crippen molar-refractivity contribution in [2.75, 3.05) is 22.5 Å². The van der Waals surface area contributed by atoms with Gasteiger partial charge in [-0.25, -0.2) is 0 Å². The van der Waals surface area contributed by atoms with Gasteiger partial charge < -0.3 is 16.0 Å². The number of amides is 1. The van der Waals surface area contributed by atoms with Crippen LogP contribution in [0.1, 0.15) is 51.0 Å². The van der Waals surface area contributed by atoms with Crippen molar-refractivity contribution in [3.8, 4) is 0 Å². The molecule has 1 unspecified atom stereocenters. The largest absolute Gasteiger partial charge is 0.397 e. The Morgan fingerprint density at radius 3 is 2.95 bits per heavy atom. The summed E-state index contributed by atoms with van der Waals surface area (Å²) in [6.45, 7) is 3.35. The molecule has 114 valence electrons. The van der Waals surface area contributed by atoms with E-state index in [-0.39, 0.29) is 5.91 Å². The number of nitrogens with zero attached hydrogens (tertiary/aromatic N) is 1. The third-order valence-corrected chi connectivity index (χ3v) is 4.81. The molecule has 0 bridgehead atoms. The Bertz CT molecular complexity index is 541. The zero-order chi connectivity index (χ0) is 14.8. The van der Waals surface area contributed by atoms with Crippen molar-refractivity contribution in [1.82, 2.24) is 0 Å². The molecule has 2 aliphatic rings. The van der Waals surface area contributed by atoms with Gasteiger partial charge in [-0.3, -0.25) is 4.79 Å². The number of carbonyl (C=O) groups is 1. The number of carbonyl (C=O) groups excluding carboxylic acids is 1. The smallest absolute Gasteiger partial charge is 0.224 e. The van der Waals surface area contributed by atoms with E-state index in [0.29, 0.717) is 12.5 Å². The molecule has 3 N–H and O–H groups in total. The molecule has 21 heavy (non-hydrogen) atoms. The van der Waals surface area contributed by atoms with Gasteiger partial charge in [-0.1, -0.05) is 19.8 Å². The van der Waals surface area contributed by atoms with Gasteiger partial charge in [0.25, 0.3) is 0 Å². The second-order valence-electron chi connectivity index (χ2n) is 6.22. The predicted molar refractivity (Wildman–Crippen MR) is 87.7 cm³/mol. The van der Waals surface area contributed by atoms with Crippen LogP contribution in [0.3, 0.4) is 0 Å². The number of benzene rings is 1. The summed E-state index contributed by atoms with van der Waals surface area (Å²) in [5.74, 6) is 0.0934. The van der Waals surface area contributed by atoms with E-state index in [9.17, 15) is 4.79 Å². The fraction of sp³-hybridized carbons (Fsp3) is 0.588. The maximum Gasteiger partial charge on any atom is 0.224 e. The average molecular weight is 287 g/mol. The Morgan fingerprint density at radius 2 is 2.14 bits per heavy atom. The van der Waals surface area contributed by atoms with E-state index in [2.05, 4.69) is 23.2 Å². The van der Waals surface area contributed by atoms with Crippen molar-refractivity contribution in [3.05, 3.63) is 17.7 Å². The molecule has 0 aromatic heterocycles. The summed E-state index contributed by atoms with van der Waals surface area (Å²) in [7, 11) is 0. The molecule has 1 aromatic rings. The van der Waals surface area contributed by atoms with E-state index in [4.69, 9.17) is 5.73 Å². The maximum absolute atomic E-state index is 11.5. The van der Waals surface area contributed by atoms with Crippen LogP contribution in [0.25, 0.3) is 0 Å². The number of nitrogens with two attached hydrogens (primary N) is 1. The summed E-state index contributed by atoms with van der Waals surface area (Å²) in [6.07, 6.45) is 7.68. The van der Waals surface area contributed by atoms with Crippen molar-refractivity contribution in [3.63, 3.8) is 0 Å². The highest BCUT2D eigenvalue weighted by Gasteiger charge is 2.24. The highest BCUT2D eigenvalue weighted by molar-refractivity contribution is 5.95. The monoisotopic (exact) mass is 287 g/mol. The molecule has 2 heterocycles. The number of nitrogen functional groups attached to an aromatic ring is 1. The van der Waals surface area contributed by atoms with E-state index in [1.54, 1.807) is 0 Å². The SMILES string of the molecule is CCC1CCCCCN1c1cc2c(cc1N)NC(=O)CC2. The Kier molecular flexibility index (Phi) is 4.04. The van der Waals surface area contributed by atoms with E-state index in [1.165, 1.54) is 36.9 Å². The van der Waals surface area contributed by atoms with Crippen molar-refractivity contribution in [1.29, 1.82) is 0 Å². The van der Waals surface area contributed by atoms with Crippen LogP contribution in [0.2, 0.25) is 0 Å². The lowest BCUT2D eigenvalue weighted by molar-refractivity contribution is -0.116. The Balaban J connectivity index is 1.95. The van der Waals surface area contributed by atoms with Crippen molar-refractivity contribution in [2.24, 2.45) is 0 Å². The van der Waals surface area contributed by atoms with Crippen molar-refractivity contribution in [2.45, 2.75) is 57.9 Å². The normalized spacial score (nSPS) is 22.4. The fourth-order valence-corrected chi connectivity index (χ4v) is 3.60. The lowest BCUT2D eigenvalue weighted by Gasteiger charge is -2.33. The van der Waals surface area contributed by atoms with E-state index in [0.717, 1.165) is 30.8 Å². The first-order valence-electron chi connectivity index (χ1n) is 8.18. The van der Waals surface area contributed by atoms with Gasteiger partial charge in [0.15, 0.2) is 0 Å². The molecule has 1 atom stereocenters. The highest BCUT2D eigenvalue weighted by atomic mass is 16.1. The molecular weight excluding hydrogens is 262 g/mol. The molecule has 2 aliphatic heterocycles. The highest BCUT2D eigenvalue weighted by Crippen LogP contribution is 2.36. The Morgan fingerprint density at radius 1 is 1.29 bits per heavy atom. The van der Waals surface area contributed by atoms with E-state index >= 15 is 0 Å². The lowest BCUT2D eigenvalue weighted by Crippen LogP contribution is -2.35. The van der Waals surface area contributed by atoms with Gasteiger partial charge in [0.05, 0.1) is 11.4 Å². The van der Waals surface area contributed by atoms with Gasteiger partial charge in [0.1, 0.15) is 0 Å². The van der Waals surface area contributed by atoms with Crippen LogP contribution in [0, 0.1) is 0 Å². The number of hydrogen-bond donors (Lipinski definition) is 2. The number of aryl methyl sites for hydroxylation is 1. The lowest BCUT2D eigenvalue weighted by atomic mass is 9.99. The minimum atomic E-state index is 0.0934. The van der Waals surface area contributed by atoms with Gasteiger partial charge >= 0.3 is 0 Å². The summed E-state index contributed by atoms with van der Waals surface area (Å²) < 4.78 is 0. The summed E-state index contributed by atoms with van der Waals surface area (Å²) in [4.78, 5) is 14.0. The van der Waals surface area contributed by atoms with Crippen LogP contribution >= 0.6 is 0 Å². The van der Waals surface area contributed by atoms with Gasteiger partial charge in [-0.05, 0) is 43.4 Å². The molecule has 1 fully saturated rings. The summed E-state index contributed by atoms with van der Waals surface area (Å²) in [6, 6.07) is 4.74. The standard InChI is InChI=1S/C17H25N3O/c1-2-13-6-4-3-5-9-20(13)16-10-12-7-8-17(21)19-15(12)11-14(16)18/h10-11,13H,2-9,18H2,1H3,(H,19,21). The van der Waals surface area contributed by atoms with Crippen LogP contribution in [-0.4, -0.2) is 18.5 Å². The molecule has 0 radical (unpaired) electrons. The molecule has 1 saturated heterocycles. The second kappa shape index (κ2) is 5.96. The topological polar surface area (TPSA) is 58.4 Å². The molecule has 0 saturated carbocycles. The Hall–Kier alpha value is -1.71. The van der Waals surface area contributed by atoms with E-state index < -0.39 is 0 Å². The number of nitrogens with one attached hydrogen (secondary N) is 1.